The van der Waals surface area contributed by atoms with Gasteiger partial charge in [-0.3, -0.25) is 52.7 Å². The van der Waals surface area contributed by atoms with E-state index in [1.807, 2.05) is 66.6 Å². The number of rotatable bonds is 18. The SMILES string of the molecule is CC=CC[C@@H](C)[C@@H](O)[C@H]1C(=O)N[C@@H](CC)C(=O)N(C)[C@H](SCCN(C)C)C(=O)N(C)[C@@H](C(C)C)C(=O)N[C@@H](C(C)C)C(=O)N(C)[C@@H](CC(C)C)C(=O)N[C@@H](C)C(=O)N[C@H](C)C(=O)N(C)[C@@H](CC(C)C)C(=O)N(C)[C@@H](CC(C)C)C(=O)N(C)[C@@H](C(C)C)C(=O)N1C. The molecule has 5 N–H and O–H groups in total. The number of allylic oxidation sites excluding steroid dienone is 2. The van der Waals surface area contributed by atoms with Crippen molar-refractivity contribution in [3.05, 3.63) is 12.2 Å². The second-order valence-electron chi connectivity index (χ2n) is 27.4. The van der Waals surface area contributed by atoms with Gasteiger partial charge in [0.25, 0.3) is 5.91 Å². The maximum absolute atomic E-state index is 15.3. The Kier molecular flexibility index (Phi) is 34.4. The number of aliphatic hydroxyl groups excluding tert-OH is 1. The molecule has 24 nitrogen and oxygen atoms in total. The molecule has 0 radical (unpaired) electrons. The quantitative estimate of drug-likeness (QED) is 0.123. The van der Waals surface area contributed by atoms with Crippen LogP contribution in [0, 0.1) is 41.4 Å². The Morgan fingerprint density at radius 2 is 0.911 bits per heavy atom. The second kappa shape index (κ2) is 37.6. The standard InChI is InChI=1S/C65H118N12O12S/c1-27-29-30-42(15)53(78)52-57(82)68-45(28-2)59(84)77(26)65(90-32-31-70(18)19)64(89)74(23)50(40(11)12)56(81)69-49(39(9)10)62(87)71(20)46(33-36(3)4)55(80)66-43(16)54(79)67-44(17)58(83)72(21)47(34-37(5)6)60(85)73(22)48(35-38(7)8)61(86)75(24)51(41(13)14)63(88)76(52)25/h27,29,36-53,65,78H,28,30-35H2,1-26H3,(H,66,80)(H,67,79)(H,68,82)(H,69,81)/t42-,43+,44-,45+,46+,47+,48+,49+,50+,51+,52+,53-,65-/m1/s1. The molecule has 1 aliphatic rings. The fourth-order valence-corrected chi connectivity index (χ4v) is 12.6. The summed E-state index contributed by atoms with van der Waals surface area (Å²) >= 11 is 1.15. The molecule has 0 spiro atoms. The normalized spacial score (nSPS) is 27.0. The summed E-state index contributed by atoms with van der Waals surface area (Å²) in [5.74, 6) is -9.89. The Bertz CT molecular complexity index is 2460. The Morgan fingerprint density at radius 3 is 1.37 bits per heavy atom. The number of aliphatic hydroxyl groups is 1. The number of amides is 11. The van der Waals surface area contributed by atoms with Crippen LogP contribution in [0.5, 0.6) is 0 Å². The fourth-order valence-electron chi connectivity index (χ4n) is 11.2. The highest BCUT2D eigenvalue weighted by Gasteiger charge is 2.46. The number of thioether (sulfide) groups is 1. The van der Waals surface area contributed by atoms with Crippen molar-refractivity contribution in [2.24, 2.45) is 41.4 Å². The molecule has 90 heavy (non-hydrogen) atoms. The van der Waals surface area contributed by atoms with Gasteiger partial charge in [0.1, 0.15) is 60.4 Å². The Morgan fingerprint density at radius 1 is 0.478 bits per heavy atom. The van der Waals surface area contributed by atoms with Gasteiger partial charge in [-0.05, 0) is 108 Å². The maximum Gasteiger partial charge on any atom is 0.256 e. The lowest BCUT2D eigenvalue weighted by Gasteiger charge is -2.41. The van der Waals surface area contributed by atoms with Crippen LogP contribution in [0.4, 0.5) is 0 Å². The van der Waals surface area contributed by atoms with Crippen LogP contribution in [0.25, 0.3) is 0 Å². The Hall–Kier alpha value is -5.82. The summed E-state index contributed by atoms with van der Waals surface area (Å²) in [4.78, 5) is 173. The van der Waals surface area contributed by atoms with Gasteiger partial charge in [0.15, 0.2) is 5.37 Å². The van der Waals surface area contributed by atoms with Crippen molar-refractivity contribution in [1.29, 1.82) is 0 Å². The molecule has 0 aromatic rings. The number of hydrogen-bond acceptors (Lipinski definition) is 14. The molecular weight excluding hydrogens is 1170 g/mol. The minimum atomic E-state index is -1.63. The first kappa shape index (κ1) is 82.2. The molecule has 0 saturated carbocycles. The minimum absolute atomic E-state index is 0.00276. The van der Waals surface area contributed by atoms with E-state index in [9.17, 15) is 33.9 Å². The number of carbonyl (C=O) groups is 11. The summed E-state index contributed by atoms with van der Waals surface area (Å²) in [5, 5.41) is 22.1. The smallest absolute Gasteiger partial charge is 0.256 e. The highest BCUT2D eigenvalue weighted by Crippen LogP contribution is 2.27. The molecule has 0 aliphatic carbocycles. The topological polar surface area (TPSA) is 282 Å². The van der Waals surface area contributed by atoms with Crippen molar-refractivity contribution >= 4 is 76.7 Å². The van der Waals surface area contributed by atoms with Gasteiger partial charge >= 0.3 is 0 Å². The van der Waals surface area contributed by atoms with Crippen LogP contribution in [0.1, 0.15) is 150 Å². The van der Waals surface area contributed by atoms with Gasteiger partial charge < -0.3 is 65.6 Å². The van der Waals surface area contributed by atoms with E-state index >= 15 is 24.0 Å². The average molecular weight is 1290 g/mol. The molecule has 516 valence electrons. The molecule has 1 heterocycles. The fraction of sp³-hybridized carbons (Fsp3) is 0.800. The molecule has 0 aromatic heterocycles. The molecular formula is C65H118N12O12S. The molecule has 0 unspecified atom stereocenters. The highest BCUT2D eigenvalue weighted by atomic mass is 32.2. The third kappa shape index (κ3) is 22.8. The summed E-state index contributed by atoms with van der Waals surface area (Å²) in [6, 6.07) is -12.5. The van der Waals surface area contributed by atoms with Crippen molar-refractivity contribution < 1.29 is 57.8 Å². The van der Waals surface area contributed by atoms with Gasteiger partial charge in [-0.1, -0.05) is 109 Å². The lowest BCUT2D eigenvalue weighted by Crippen LogP contribution is -2.64. The second-order valence-corrected chi connectivity index (χ2v) is 28.5. The zero-order valence-electron chi connectivity index (χ0n) is 59.5. The third-order valence-electron chi connectivity index (χ3n) is 16.9. The number of nitrogens with one attached hydrogen (secondary N) is 4. The lowest BCUT2D eigenvalue weighted by molar-refractivity contribution is -0.157. The van der Waals surface area contributed by atoms with E-state index in [0.717, 1.165) is 16.7 Å². The van der Waals surface area contributed by atoms with E-state index in [4.69, 9.17) is 0 Å². The van der Waals surface area contributed by atoms with Crippen LogP contribution in [0.15, 0.2) is 12.2 Å². The maximum atomic E-state index is 15.3. The average Bonchev–Trinajstić information content (AvgIpc) is 1.20. The Balaban J connectivity index is 4.50. The van der Waals surface area contributed by atoms with Gasteiger partial charge in [-0.2, -0.15) is 0 Å². The van der Waals surface area contributed by atoms with E-state index in [0.29, 0.717) is 18.7 Å². The summed E-state index contributed by atoms with van der Waals surface area (Å²) in [7, 11) is 13.7. The van der Waals surface area contributed by atoms with Crippen LogP contribution < -0.4 is 21.3 Å². The van der Waals surface area contributed by atoms with Crippen LogP contribution >= 0.6 is 11.8 Å². The molecule has 1 aliphatic heterocycles. The minimum Gasteiger partial charge on any atom is -0.390 e. The summed E-state index contributed by atoms with van der Waals surface area (Å²) in [5.41, 5.74) is 0. The molecule has 1 fully saturated rings. The number of nitrogens with zero attached hydrogens (tertiary/aromatic N) is 8. The van der Waals surface area contributed by atoms with Gasteiger partial charge in [0, 0.05) is 61.6 Å². The molecule has 1 rings (SSSR count). The Labute approximate surface area is 543 Å². The van der Waals surface area contributed by atoms with E-state index in [1.165, 1.54) is 92.6 Å². The monoisotopic (exact) mass is 1290 g/mol. The van der Waals surface area contributed by atoms with Crippen LogP contribution in [0.2, 0.25) is 0 Å². The molecule has 25 heteroatoms. The lowest BCUT2D eigenvalue weighted by atomic mass is 9.91. The van der Waals surface area contributed by atoms with Gasteiger partial charge in [0.05, 0.1) is 6.10 Å². The van der Waals surface area contributed by atoms with E-state index in [-0.39, 0.29) is 43.4 Å². The number of likely N-dealkylation sites (N-methyl/N-ethyl adjacent to an activating group) is 7. The van der Waals surface area contributed by atoms with Crippen molar-refractivity contribution in [1.82, 2.24) is 60.5 Å². The molecule has 0 aromatic carbocycles. The molecule has 13 atom stereocenters. The van der Waals surface area contributed by atoms with E-state index < -0.39 is 161 Å². The third-order valence-corrected chi connectivity index (χ3v) is 18.1. The largest absolute Gasteiger partial charge is 0.390 e. The molecule has 11 amide bonds. The van der Waals surface area contributed by atoms with Crippen molar-refractivity contribution in [3.8, 4) is 0 Å². The molecule has 1 saturated heterocycles. The van der Waals surface area contributed by atoms with Gasteiger partial charge in [0.2, 0.25) is 59.1 Å². The van der Waals surface area contributed by atoms with Crippen LogP contribution in [-0.2, 0) is 52.7 Å². The predicted molar refractivity (Wildman–Crippen MR) is 354 cm³/mol. The van der Waals surface area contributed by atoms with E-state index in [1.54, 1.807) is 68.4 Å². The van der Waals surface area contributed by atoms with Crippen LogP contribution in [0.3, 0.4) is 0 Å². The van der Waals surface area contributed by atoms with Crippen molar-refractivity contribution in [3.63, 3.8) is 0 Å². The first-order valence-corrected chi connectivity index (χ1v) is 33.2. The van der Waals surface area contributed by atoms with Crippen LogP contribution in [-0.4, -0.2) is 257 Å². The number of carbonyl (C=O) groups excluding carboxylic acids is 11. The molecule has 0 bridgehead atoms. The first-order chi connectivity index (χ1) is 41.5. The van der Waals surface area contributed by atoms with Crippen molar-refractivity contribution in [2.75, 3.05) is 75.7 Å². The zero-order chi connectivity index (χ0) is 69.8. The summed E-state index contributed by atoms with van der Waals surface area (Å²) < 4.78 is 0. The van der Waals surface area contributed by atoms with Crippen molar-refractivity contribution in [2.45, 2.75) is 222 Å². The summed E-state index contributed by atoms with van der Waals surface area (Å²) in [6.07, 6.45) is 2.83. The van der Waals surface area contributed by atoms with Gasteiger partial charge in [-0.25, -0.2) is 0 Å². The summed E-state index contributed by atoms with van der Waals surface area (Å²) in [6.45, 7) is 30.2. The first-order valence-electron chi connectivity index (χ1n) is 32.2. The van der Waals surface area contributed by atoms with Gasteiger partial charge in [-0.15, -0.1) is 11.8 Å². The number of hydrogen-bond donors (Lipinski definition) is 5. The zero-order valence-corrected chi connectivity index (χ0v) is 60.3. The van der Waals surface area contributed by atoms with E-state index in [2.05, 4.69) is 21.3 Å². The predicted octanol–water partition coefficient (Wildman–Crippen LogP) is 3.50. The highest BCUT2D eigenvalue weighted by molar-refractivity contribution is 8.00.